The van der Waals surface area contributed by atoms with Crippen LogP contribution in [0.3, 0.4) is 0 Å². The zero-order chi connectivity index (χ0) is 13.0. The SMILES string of the molecule is CCCNC1CCC(O)(c2ccncc2F)CC1. The van der Waals surface area contributed by atoms with Crippen LogP contribution in [0.15, 0.2) is 18.5 Å². The van der Waals surface area contributed by atoms with E-state index < -0.39 is 11.4 Å². The van der Waals surface area contributed by atoms with Gasteiger partial charge in [-0.25, -0.2) is 4.39 Å². The van der Waals surface area contributed by atoms with Crippen LogP contribution in [0.2, 0.25) is 0 Å². The van der Waals surface area contributed by atoms with Gasteiger partial charge in [-0.1, -0.05) is 6.92 Å². The number of nitrogens with zero attached hydrogens (tertiary/aromatic N) is 1. The molecule has 3 nitrogen and oxygen atoms in total. The zero-order valence-electron chi connectivity index (χ0n) is 10.8. The van der Waals surface area contributed by atoms with E-state index in [0.717, 1.165) is 25.8 Å². The molecule has 1 aromatic heterocycles. The first-order chi connectivity index (χ1) is 8.65. The number of nitrogens with one attached hydrogen (secondary N) is 1. The monoisotopic (exact) mass is 252 g/mol. The maximum absolute atomic E-state index is 13.7. The Kier molecular flexibility index (Phi) is 4.30. The Morgan fingerprint density at radius 1 is 1.50 bits per heavy atom. The molecule has 0 unspecified atom stereocenters. The fourth-order valence-corrected chi connectivity index (χ4v) is 2.67. The number of aromatic nitrogens is 1. The third kappa shape index (κ3) is 2.87. The van der Waals surface area contributed by atoms with Gasteiger partial charge in [0.05, 0.1) is 11.8 Å². The number of halogens is 1. The molecule has 0 aliphatic heterocycles. The normalized spacial score (nSPS) is 28.3. The van der Waals surface area contributed by atoms with Gasteiger partial charge >= 0.3 is 0 Å². The third-order valence-corrected chi connectivity index (χ3v) is 3.77. The summed E-state index contributed by atoms with van der Waals surface area (Å²) in [5.74, 6) is -0.403. The first-order valence-corrected chi connectivity index (χ1v) is 6.71. The van der Waals surface area contributed by atoms with Crippen molar-refractivity contribution >= 4 is 0 Å². The first-order valence-electron chi connectivity index (χ1n) is 6.71. The summed E-state index contributed by atoms with van der Waals surface area (Å²) in [6.45, 7) is 3.14. The summed E-state index contributed by atoms with van der Waals surface area (Å²) in [6.07, 6.45) is 6.81. The fraction of sp³-hybridized carbons (Fsp3) is 0.643. The quantitative estimate of drug-likeness (QED) is 0.864. The van der Waals surface area contributed by atoms with E-state index in [4.69, 9.17) is 0 Å². The second kappa shape index (κ2) is 5.76. The molecule has 1 aliphatic carbocycles. The molecule has 4 heteroatoms. The van der Waals surface area contributed by atoms with Crippen LogP contribution in [-0.2, 0) is 5.60 Å². The molecule has 1 aliphatic rings. The maximum atomic E-state index is 13.7. The van der Waals surface area contributed by atoms with Crippen molar-refractivity contribution in [3.8, 4) is 0 Å². The minimum Gasteiger partial charge on any atom is -0.385 e. The van der Waals surface area contributed by atoms with Gasteiger partial charge in [0.1, 0.15) is 5.82 Å². The smallest absolute Gasteiger partial charge is 0.147 e. The van der Waals surface area contributed by atoms with Gasteiger partial charge in [-0.15, -0.1) is 0 Å². The van der Waals surface area contributed by atoms with Crippen LogP contribution in [0.25, 0.3) is 0 Å². The van der Waals surface area contributed by atoms with Crippen LogP contribution in [-0.4, -0.2) is 22.7 Å². The number of rotatable bonds is 4. The second-order valence-corrected chi connectivity index (χ2v) is 5.12. The molecule has 1 saturated carbocycles. The number of hydrogen-bond acceptors (Lipinski definition) is 3. The Balaban J connectivity index is 2.01. The zero-order valence-corrected chi connectivity index (χ0v) is 10.8. The van der Waals surface area contributed by atoms with Crippen molar-refractivity contribution in [3.63, 3.8) is 0 Å². The van der Waals surface area contributed by atoms with Crippen molar-refractivity contribution in [1.29, 1.82) is 0 Å². The van der Waals surface area contributed by atoms with E-state index in [1.54, 1.807) is 6.07 Å². The second-order valence-electron chi connectivity index (χ2n) is 5.12. The van der Waals surface area contributed by atoms with Gasteiger partial charge in [-0.05, 0) is 44.7 Å². The lowest BCUT2D eigenvalue weighted by Gasteiger charge is -2.36. The molecule has 0 radical (unpaired) electrons. The molecule has 100 valence electrons. The van der Waals surface area contributed by atoms with Crippen LogP contribution in [0.1, 0.15) is 44.6 Å². The first kappa shape index (κ1) is 13.4. The molecule has 2 rings (SSSR count). The van der Waals surface area contributed by atoms with Crippen molar-refractivity contribution in [2.24, 2.45) is 0 Å². The predicted molar refractivity (Wildman–Crippen MR) is 68.6 cm³/mol. The van der Waals surface area contributed by atoms with E-state index >= 15 is 0 Å². The summed E-state index contributed by atoms with van der Waals surface area (Å²) in [5.41, 5.74) is -0.622. The van der Waals surface area contributed by atoms with Gasteiger partial charge in [0, 0.05) is 17.8 Å². The molecular weight excluding hydrogens is 231 g/mol. The molecule has 0 saturated heterocycles. The van der Waals surface area contributed by atoms with Crippen molar-refractivity contribution in [1.82, 2.24) is 10.3 Å². The highest BCUT2D eigenvalue weighted by atomic mass is 19.1. The highest BCUT2D eigenvalue weighted by Gasteiger charge is 2.36. The van der Waals surface area contributed by atoms with E-state index in [0.29, 0.717) is 24.4 Å². The molecule has 0 aromatic carbocycles. The molecule has 1 fully saturated rings. The van der Waals surface area contributed by atoms with E-state index in [-0.39, 0.29) is 0 Å². The van der Waals surface area contributed by atoms with Gasteiger partial charge in [0.2, 0.25) is 0 Å². The van der Waals surface area contributed by atoms with Crippen LogP contribution >= 0.6 is 0 Å². The molecule has 1 aromatic rings. The lowest BCUT2D eigenvalue weighted by atomic mass is 9.78. The number of pyridine rings is 1. The third-order valence-electron chi connectivity index (χ3n) is 3.77. The van der Waals surface area contributed by atoms with Gasteiger partial charge in [0.25, 0.3) is 0 Å². The standard InChI is InChI=1S/C14H21FN2O/c1-2-8-17-11-3-6-14(18,7-4-11)12-5-9-16-10-13(12)15/h5,9-11,17-18H,2-4,6-8H2,1H3. The van der Waals surface area contributed by atoms with E-state index in [1.807, 2.05) is 0 Å². The highest BCUT2D eigenvalue weighted by molar-refractivity contribution is 5.22. The molecule has 0 bridgehead atoms. The Bertz CT molecular complexity index is 389. The van der Waals surface area contributed by atoms with E-state index in [2.05, 4.69) is 17.2 Å². The predicted octanol–water partition coefficient (Wildman–Crippen LogP) is 2.35. The Labute approximate surface area is 107 Å². The van der Waals surface area contributed by atoms with Gasteiger partial charge < -0.3 is 10.4 Å². The maximum Gasteiger partial charge on any atom is 0.147 e. The van der Waals surface area contributed by atoms with Crippen LogP contribution in [0.5, 0.6) is 0 Å². The van der Waals surface area contributed by atoms with Crippen molar-refractivity contribution < 1.29 is 9.50 Å². The van der Waals surface area contributed by atoms with Crippen molar-refractivity contribution in [2.45, 2.75) is 50.7 Å². The van der Waals surface area contributed by atoms with Gasteiger partial charge in [0.15, 0.2) is 0 Å². The fourth-order valence-electron chi connectivity index (χ4n) is 2.67. The summed E-state index contributed by atoms with van der Waals surface area (Å²) in [4.78, 5) is 3.73. The average molecular weight is 252 g/mol. The lowest BCUT2D eigenvalue weighted by Crippen LogP contribution is -2.40. The van der Waals surface area contributed by atoms with Crippen molar-refractivity contribution in [2.75, 3.05) is 6.54 Å². The Hall–Kier alpha value is -1.00. The highest BCUT2D eigenvalue weighted by Crippen LogP contribution is 2.37. The summed E-state index contributed by atoms with van der Waals surface area (Å²) >= 11 is 0. The summed E-state index contributed by atoms with van der Waals surface area (Å²) in [6, 6.07) is 2.05. The molecule has 0 atom stereocenters. The Morgan fingerprint density at radius 3 is 2.83 bits per heavy atom. The van der Waals surface area contributed by atoms with Gasteiger partial charge in [-0.2, -0.15) is 0 Å². The van der Waals surface area contributed by atoms with E-state index in [9.17, 15) is 9.50 Å². The largest absolute Gasteiger partial charge is 0.385 e. The molecule has 0 spiro atoms. The summed E-state index contributed by atoms with van der Waals surface area (Å²) < 4.78 is 13.7. The summed E-state index contributed by atoms with van der Waals surface area (Å²) in [7, 11) is 0. The average Bonchev–Trinajstić information content (AvgIpc) is 2.39. The lowest BCUT2D eigenvalue weighted by molar-refractivity contribution is -0.0113. The molecule has 0 amide bonds. The molecular formula is C14H21FN2O. The van der Waals surface area contributed by atoms with Crippen molar-refractivity contribution in [3.05, 3.63) is 29.8 Å². The Morgan fingerprint density at radius 2 is 2.22 bits per heavy atom. The number of hydrogen-bond donors (Lipinski definition) is 2. The van der Waals surface area contributed by atoms with Crippen LogP contribution in [0.4, 0.5) is 4.39 Å². The summed E-state index contributed by atoms with van der Waals surface area (Å²) in [5, 5.41) is 14.0. The molecule has 18 heavy (non-hydrogen) atoms. The number of aliphatic hydroxyl groups is 1. The molecule has 1 heterocycles. The van der Waals surface area contributed by atoms with Gasteiger partial charge in [-0.3, -0.25) is 4.98 Å². The minimum atomic E-state index is -1.02. The van der Waals surface area contributed by atoms with Crippen LogP contribution in [0, 0.1) is 5.82 Å². The molecule has 2 N–H and O–H groups in total. The topological polar surface area (TPSA) is 45.1 Å². The van der Waals surface area contributed by atoms with E-state index in [1.165, 1.54) is 12.4 Å². The minimum absolute atomic E-state index is 0.395. The van der Waals surface area contributed by atoms with Crippen LogP contribution < -0.4 is 5.32 Å².